The van der Waals surface area contributed by atoms with Gasteiger partial charge in [-0.25, -0.2) is 4.79 Å². The van der Waals surface area contributed by atoms with Crippen molar-refractivity contribution in [3.8, 4) is 0 Å². The van der Waals surface area contributed by atoms with Gasteiger partial charge in [0.1, 0.15) is 5.54 Å². The van der Waals surface area contributed by atoms with E-state index in [1.165, 1.54) is 0 Å². The van der Waals surface area contributed by atoms with Gasteiger partial charge in [-0.05, 0) is 32.8 Å². The van der Waals surface area contributed by atoms with E-state index in [1.54, 1.807) is 19.9 Å². The average molecular weight is 263 g/mol. The van der Waals surface area contributed by atoms with Gasteiger partial charge in [0.2, 0.25) is 0 Å². The molecule has 2 rings (SSSR count). The van der Waals surface area contributed by atoms with Gasteiger partial charge < -0.3 is 10.4 Å². The zero-order valence-corrected chi connectivity index (χ0v) is 11.1. The lowest BCUT2D eigenvalue weighted by atomic mass is 9.97. The van der Waals surface area contributed by atoms with Crippen molar-refractivity contribution in [3.63, 3.8) is 0 Å². The number of nitrogens with one attached hydrogen (secondary N) is 1. The fraction of sp³-hybridized carbons (Fsp3) is 0.538. The monoisotopic (exact) mass is 263 g/mol. The number of amides is 1. The normalized spacial score (nSPS) is 17.2. The Morgan fingerprint density at radius 2 is 1.89 bits per heavy atom. The van der Waals surface area contributed by atoms with Crippen LogP contribution in [0.3, 0.4) is 0 Å². The highest BCUT2D eigenvalue weighted by Gasteiger charge is 2.42. The summed E-state index contributed by atoms with van der Waals surface area (Å²) < 4.78 is 0. The molecule has 6 heteroatoms. The molecule has 0 spiro atoms. The largest absolute Gasteiger partial charge is 0.480 e. The third kappa shape index (κ3) is 2.57. The van der Waals surface area contributed by atoms with Gasteiger partial charge in [0.15, 0.2) is 0 Å². The third-order valence-electron chi connectivity index (χ3n) is 3.56. The fourth-order valence-electron chi connectivity index (χ4n) is 2.44. The number of nitrogens with zero attached hydrogens (tertiary/aromatic N) is 2. The molecule has 1 saturated carbocycles. The van der Waals surface area contributed by atoms with Crippen molar-refractivity contribution in [2.75, 3.05) is 0 Å². The summed E-state index contributed by atoms with van der Waals surface area (Å²) in [6.07, 6.45) is 2.59. The van der Waals surface area contributed by atoms with Gasteiger partial charge in [-0.1, -0.05) is 12.8 Å². The molecule has 1 aromatic heterocycles. The SMILES string of the molecule is Cc1cc(C(=O)NC2(C(=O)O)CCCC2)c(C)nn1. The van der Waals surface area contributed by atoms with Crippen LogP contribution in [0.25, 0.3) is 0 Å². The number of aromatic nitrogens is 2. The Labute approximate surface area is 111 Å². The van der Waals surface area contributed by atoms with E-state index in [-0.39, 0.29) is 5.91 Å². The van der Waals surface area contributed by atoms with E-state index >= 15 is 0 Å². The quantitative estimate of drug-likeness (QED) is 0.855. The van der Waals surface area contributed by atoms with Crippen LogP contribution in [0.15, 0.2) is 6.07 Å². The minimum Gasteiger partial charge on any atom is -0.480 e. The average Bonchev–Trinajstić information content (AvgIpc) is 2.82. The minimum absolute atomic E-state index is 0.389. The third-order valence-corrected chi connectivity index (χ3v) is 3.56. The van der Waals surface area contributed by atoms with Crippen molar-refractivity contribution in [1.82, 2.24) is 15.5 Å². The second-order valence-corrected chi connectivity index (χ2v) is 5.03. The number of carboxylic acid groups (broad SMARTS) is 1. The lowest BCUT2D eigenvalue weighted by Crippen LogP contribution is -2.52. The smallest absolute Gasteiger partial charge is 0.329 e. The van der Waals surface area contributed by atoms with Crippen LogP contribution in [0, 0.1) is 13.8 Å². The molecule has 1 aliphatic rings. The van der Waals surface area contributed by atoms with Crippen LogP contribution < -0.4 is 5.32 Å². The van der Waals surface area contributed by atoms with E-state index in [2.05, 4.69) is 15.5 Å². The maximum atomic E-state index is 12.2. The van der Waals surface area contributed by atoms with Gasteiger partial charge >= 0.3 is 5.97 Å². The standard InChI is InChI=1S/C13H17N3O3/c1-8-7-10(9(2)16-15-8)11(17)14-13(12(18)19)5-3-4-6-13/h7H,3-6H2,1-2H3,(H,14,17)(H,18,19). The van der Waals surface area contributed by atoms with Crippen molar-refractivity contribution >= 4 is 11.9 Å². The molecule has 1 heterocycles. The van der Waals surface area contributed by atoms with Gasteiger partial charge in [0.25, 0.3) is 5.91 Å². The number of hydrogen-bond acceptors (Lipinski definition) is 4. The fourth-order valence-corrected chi connectivity index (χ4v) is 2.44. The molecular weight excluding hydrogens is 246 g/mol. The summed E-state index contributed by atoms with van der Waals surface area (Å²) in [7, 11) is 0. The first-order valence-electron chi connectivity index (χ1n) is 6.31. The van der Waals surface area contributed by atoms with Crippen LogP contribution in [-0.2, 0) is 4.79 Å². The summed E-state index contributed by atoms with van der Waals surface area (Å²) in [5.74, 6) is -1.35. The number of rotatable bonds is 3. The van der Waals surface area contributed by atoms with Crippen molar-refractivity contribution in [2.45, 2.75) is 45.1 Å². The Morgan fingerprint density at radius 1 is 1.26 bits per heavy atom. The molecule has 1 aromatic rings. The highest BCUT2D eigenvalue weighted by molar-refractivity contribution is 5.98. The molecule has 0 aromatic carbocycles. The molecular formula is C13H17N3O3. The Morgan fingerprint density at radius 3 is 2.47 bits per heavy atom. The molecule has 2 N–H and O–H groups in total. The van der Waals surface area contributed by atoms with E-state index in [1.807, 2.05) is 0 Å². The lowest BCUT2D eigenvalue weighted by molar-refractivity contribution is -0.144. The van der Waals surface area contributed by atoms with E-state index < -0.39 is 11.5 Å². The second-order valence-electron chi connectivity index (χ2n) is 5.03. The highest BCUT2D eigenvalue weighted by atomic mass is 16.4. The summed E-state index contributed by atoms with van der Waals surface area (Å²) in [6, 6.07) is 1.63. The Balaban J connectivity index is 2.25. The molecule has 0 atom stereocenters. The van der Waals surface area contributed by atoms with E-state index in [0.717, 1.165) is 12.8 Å². The number of aliphatic carboxylic acids is 1. The molecule has 0 saturated heterocycles. The van der Waals surface area contributed by atoms with E-state index in [4.69, 9.17) is 0 Å². The van der Waals surface area contributed by atoms with Gasteiger partial charge in [0.05, 0.1) is 17.0 Å². The van der Waals surface area contributed by atoms with Crippen LogP contribution in [0.1, 0.15) is 47.4 Å². The molecule has 1 amide bonds. The lowest BCUT2D eigenvalue weighted by Gasteiger charge is -2.25. The Bertz CT molecular complexity index is 522. The van der Waals surface area contributed by atoms with Crippen molar-refractivity contribution in [2.24, 2.45) is 0 Å². The molecule has 0 radical (unpaired) electrons. The second kappa shape index (κ2) is 4.95. The van der Waals surface area contributed by atoms with Crippen LogP contribution >= 0.6 is 0 Å². The molecule has 0 unspecified atom stereocenters. The Kier molecular flexibility index (Phi) is 3.50. The topological polar surface area (TPSA) is 92.2 Å². The maximum Gasteiger partial charge on any atom is 0.329 e. The number of carbonyl (C=O) groups excluding carboxylic acids is 1. The van der Waals surface area contributed by atoms with Crippen molar-refractivity contribution in [3.05, 3.63) is 23.0 Å². The summed E-state index contributed by atoms with van der Waals surface area (Å²) in [5.41, 5.74) is 0.397. The number of aryl methyl sites for hydroxylation is 2. The first-order valence-corrected chi connectivity index (χ1v) is 6.31. The van der Waals surface area contributed by atoms with Crippen molar-refractivity contribution < 1.29 is 14.7 Å². The van der Waals surface area contributed by atoms with Crippen LogP contribution in [0.5, 0.6) is 0 Å². The molecule has 19 heavy (non-hydrogen) atoms. The van der Waals surface area contributed by atoms with Crippen LogP contribution in [0.2, 0.25) is 0 Å². The number of carbonyl (C=O) groups is 2. The molecule has 6 nitrogen and oxygen atoms in total. The summed E-state index contributed by atoms with van der Waals surface area (Å²) >= 11 is 0. The molecule has 0 aliphatic heterocycles. The predicted molar refractivity (Wildman–Crippen MR) is 67.8 cm³/mol. The van der Waals surface area contributed by atoms with Crippen LogP contribution in [0.4, 0.5) is 0 Å². The predicted octanol–water partition coefficient (Wildman–Crippen LogP) is 1.22. The number of carboxylic acids is 1. The maximum absolute atomic E-state index is 12.2. The van der Waals surface area contributed by atoms with Gasteiger partial charge in [0, 0.05) is 0 Å². The van der Waals surface area contributed by atoms with Gasteiger partial charge in [-0.2, -0.15) is 10.2 Å². The summed E-state index contributed by atoms with van der Waals surface area (Å²) in [5, 5.41) is 19.8. The molecule has 1 aliphatic carbocycles. The van der Waals surface area contributed by atoms with Crippen LogP contribution in [-0.4, -0.2) is 32.7 Å². The van der Waals surface area contributed by atoms with Gasteiger partial charge in [-0.15, -0.1) is 0 Å². The first-order chi connectivity index (χ1) is 8.94. The summed E-state index contributed by atoms with van der Waals surface area (Å²) in [4.78, 5) is 23.6. The molecule has 0 bridgehead atoms. The van der Waals surface area contributed by atoms with Gasteiger partial charge in [-0.3, -0.25) is 4.79 Å². The first kappa shape index (κ1) is 13.5. The van der Waals surface area contributed by atoms with Crippen molar-refractivity contribution in [1.29, 1.82) is 0 Å². The number of hydrogen-bond donors (Lipinski definition) is 2. The van der Waals surface area contributed by atoms with E-state index in [0.29, 0.717) is 29.8 Å². The zero-order valence-electron chi connectivity index (χ0n) is 11.1. The minimum atomic E-state index is -1.12. The highest BCUT2D eigenvalue weighted by Crippen LogP contribution is 2.30. The zero-order chi connectivity index (χ0) is 14.0. The molecule has 1 fully saturated rings. The van der Waals surface area contributed by atoms with E-state index in [9.17, 15) is 14.7 Å². The Hall–Kier alpha value is -1.98. The summed E-state index contributed by atoms with van der Waals surface area (Å²) in [6.45, 7) is 3.43. The molecule has 102 valence electrons.